The number of carbonyl (C=O) groups is 2. The molecule has 0 spiro atoms. The van der Waals surface area contributed by atoms with Gasteiger partial charge in [0.25, 0.3) is 0 Å². The van der Waals surface area contributed by atoms with E-state index in [0.29, 0.717) is 0 Å². The van der Waals surface area contributed by atoms with Crippen molar-refractivity contribution in [3.8, 4) is 11.3 Å². The van der Waals surface area contributed by atoms with E-state index in [1.165, 1.54) is 5.56 Å². The van der Waals surface area contributed by atoms with Crippen molar-refractivity contribution in [1.82, 2.24) is 5.16 Å². The van der Waals surface area contributed by atoms with Crippen molar-refractivity contribution >= 4 is 11.9 Å². The molecule has 2 rings (SSSR count). The van der Waals surface area contributed by atoms with Gasteiger partial charge in [-0.15, -0.1) is 0 Å². The summed E-state index contributed by atoms with van der Waals surface area (Å²) < 4.78 is 5.01. The van der Waals surface area contributed by atoms with Crippen LogP contribution in [0.1, 0.15) is 5.56 Å². The molecule has 1 aromatic heterocycles. The second-order valence-electron chi connectivity index (χ2n) is 3.35. The second-order valence-corrected chi connectivity index (χ2v) is 3.35. The van der Waals surface area contributed by atoms with E-state index in [1.54, 1.807) is 6.20 Å². The average Bonchev–Trinajstić information content (AvgIpc) is 2.84. The van der Waals surface area contributed by atoms with Crippen LogP contribution in [0.4, 0.5) is 0 Å². The summed E-state index contributed by atoms with van der Waals surface area (Å²) in [4.78, 5) is 18.2. The van der Waals surface area contributed by atoms with Gasteiger partial charge in [0.1, 0.15) is 0 Å². The normalized spacial score (nSPS) is 9.17. The number of aromatic nitrogens is 1. The number of nitrogens with zero attached hydrogens (tertiary/aromatic N) is 1. The highest BCUT2D eigenvalue weighted by atomic mass is 16.5. The SMILES string of the molecule is Cc1ccc(-c2ccno2)cc1.O=C(O)C(=O)O. The van der Waals surface area contributed by atoms with Gasteiger partial charge in [-0.1, -0.05) is 35.0 Å². The fourth-order valence-corrected chi connectivity index (χ4v) is 1.08. The molecular weight excluding hydrogens is 238 g/mol. The molecule has 0 aliphatic rings. The highest BCUT2D eigenvalue weighted by Gasteiger charge is 2.04. The lowest BCUT2D eigenvalue weighted by Crippen LogP contribution is -2.09. The Morgan fingerprint density at radius 1 is 1.06 bits per heavy atom. The Morgan fingerprint density at radius 3 is 2.00 bits per heavy atom. The van der Waals surface area contributed by atoms with Crippen molar-refractivity contribution in [2.24, 2.45) is 0 Å². The Bertz CT molecular complexity index is 504. The summed E-state index contributed by atoms with van der Waals surface area (Å²) in [5.74, 6) is -2.83. The van der Waals surface area contributed by atoms with Gasteiger partial charge in [-0.25, -0.2) is 9.59 Å². The van der Waals surface area contributed by atoms with Crippen molar-refractivity contribution in [3.05, 3.63) is 42.1 Å². The summed E-state index contributed by atoms with van der Waals surface area (Å²) in [7, 11) is 0. The highest BCUT2D eigenvalue weighted by molar-refractivity contribution is 6.27. The third-order valence-corrected chi connectivity index (χ3v) is 1.96. The summed E-state index contributed by atoms with van der Waals surface area (Å²) in [6, 6.07) is 10.0. The Morgan fingerprint density at radius 2 is 1.61 bits per heavy atom. The van der Waals surface area contributed by atoms with Crippen LogP contribution >= 0.6 is 0 Å². The summed E-state index contributed by atoms with van der Waals surface area (Å²) in [6.45, 7) is 2.06. The molecule has 2 N–H and O–H groups in total. The van der Waals surface area contributed by atoms with Crippen LogP contribution < -0.4 is 0 Å². The maximum absolute atomic E-state index is 9.10. The van der Waals surface area contributed by atoms with Crippen LogP contribution in [0.3, 0.4) is 0 Å². The molecule has 1 aromatic carbocycles. The number of benzene rings is 1. The number of rotatable bonds is 1. The first-order valence-electron chi connectivity index (χ1n) is 4.94. The number of aliphatic carboxylic acids is 2. The van der Waals surface area contributed by atoms with Crippen molar-refractivity contribution in [1.29, 1.82) is 0 Å². The minimum Gasteiger partial charge on any atom is -0.473 e. The molecule has 94 valence electrons. The Labute approximate surface area is 102 Å². The molecule has 0 radical (unpaired) electrons. The lowest BCUT2D eigenvalue weighted by Gasteiger charge is -1.94. The minimum absolute atomic E-state index is 0.815. The molecule has 0 aliphatic heterocycles. The number of carboxylic acids is 2. The van der Waals surface area contributed by atoms with E-state index >= 15 is 0 Å². The summed E-state index contributed by atoms with van der Waals surface area (Å²) in [6.07, 6.45) is 1.65. The van der Waals surface area contributed by atoms with Gasteiger partial charge in [0.15, 0.2) is 5.76 Å². The lowest BCUT2D eigenvalue weighted by atomic mass is 10.1. The van der Waals surface area contributed by atoms with Gasteiger partial charge in [0, 0.05) is 11.6 Å². The highest BCUT2D eigenvalue weighted by Crippen LogP contribution is 2.18. The molecule has 1 heterocycles. The predicted molar refractivity (Wildman–Crippen MR) is 61.9 cm³/mol. The van der Waals surface area contributed by atoms with Gasteiger partial charge in [-0.05, 0) is 6.92 Å². The summed E-state index contributed by atoms with van der Waals surface area (Å²) in [5.41, 5.74) is 2.32. The van der Waals surface area contributed by atoms with Crippen molar-refractivity contribution in [3.63, 3.8) is 0 Å². The Hall–Kier alpha value is -2.63. The van der Waals surface area contributed by atoms with Crippen LogP contribution in [0.25, 0.3) is 11.3 Å². The van der Waals surface area contributed by atoms with E-state index < -0.39 is 11.9 Å². The van der Waals surface area contributed by atoms with E-state index in [0.717, 1.165) is 11.3 Å². The van der Waals surface area contributed by atoms with Gasteiger partial charge in [-0.2, -0.15) is 0 Å². The Balaban J connectivity index is 0.000000232. The molecule has 0 amide bonds. The molecule has 0 bridgehead atoms. The number of hydrogen-bond acceptors (Lipinski definition) is 4. The zero-order valence-corrected chi connectivity index (χ0v) is 9.53. The molecule has 0 fully saturated rings. The predicted octanol–water partition coefficient (Wildman–Crippen LogP) is 1.81. The summed E-state index contributed by atoms with van der Waals surface area (Å²) >= 11 is 0. The first-order valence-corrected chi connectivity index (χ1v) is 4.94. The van der Waals surface area contributed by atoms with E-state index in [2.05, 4.69) is 24.2 Å². The average molecular weight is 249 g/mol. The molecule has 6 nitrogen and oxygen atoms in total. The quantitative estimate of drug-likeness (QED) is 0.747. The van der Waals surface area contributed by atoms with Crippen LogP contribution in [-0.2, 0) is 9.59 Å². The molecule has 0 aliphatic carbocycles. The zero-order chi connectivity index (χ0) is 13.5. The maximum atomic E-state index is 9.10. The Kier molecular flexibility index (Phi) is 4.62. The molecule has 0 saturated carbocycles. The first kappa shape index (κ1) is 13.4. The van der Waals surface area contributed by atoms with Crippen LogP contribution in [-0.4, -0.2) is 27.3 Å². The van der Waals surface area contributed by atoms with Crippen molar-refractivity contribution in [2.75, 3.05) is 0 Å². The first-order chi connectivity index (χ1) is 8.50. The number of hydrogen-bond donors (Lipinski definition) is 2. The van der Waals surface area contributed by atoms with E-state index in [9.17, 15) is 0 Å². The van der Waals surface area contributed by atoms with Crippen molar-refractivity contribution in [2.45, 2.75) is 6.92 Å². The molecule has 18 heavy (non-hydrogen) atoms. The minimum atomic E-state index is -1.82. The van der Waals surface area contributed by atoms with Gasteiger partial charge < -0.3 is 14.7 Å². The number of aryl methyl sites for hydroxylation is 1. The van der Waals surface area contributed by atoms with Gasteiger partial charge in [0.05, 0.1) is 6.20 Å². The van der Waals surface area contributed by atoms with E-state index in [1.807, 2.05) is 18.2 Å². The lowest BCUT2D eigenvalue weighted by molar-refractivity contribution is -0.159. The van der Waals surface area contributed by atoms with Gasteiger partial charge in [-0.3, -0.25) is 0 Å². The molecule has 0 atom stereocenters. The molecule has 0 saturated heterocycles. The topological polar surface area (TPSA) is 101 Å². The van der Waals surface area contributed by atoms with Gasteiger partial charge in [0.2, 0.25) is 0 Å². The fourth-order valence-electron chi connectivity index (χ4n) is 1.08. The van der Waals surface area contributed by atoms with Crippen LogP contribution in [0.15, 0.2) is 41.1 Å². The van der Waals surface area contributed by atoms with E-state index in [-0.39, 0.29) is 0 Å². The van der Waals surface area contributed by atoms with E-state index in [4.69, 9.17) is 24.3 Å². The third kappa shape index (κ3) is 4.09. The van der Waals surface area contributed by atoms with Crippen LogP contribution in [0, 0.1) is 6.92 Å². The molecule has 6 heteroatoms. The van der Waals surface area contributed by atoms with Crippen LogP contribution in [0.2, 0.25) is 0 Å². The van der Waals surface area contributed by atoms with Gasteiger partial charge >= 0.3 is 11.9 Å². The molecule has 0 unspecified atom stereocenters. The number of carboxylic acid groups (broad SMARTS) is 2. The fraction of sp³-hybridized carbons (Fsp3) is 0.0833. The summed E-state index contributed by atoms with van der Waals surface area (Å²) in [5, 5.41) is 18.4. The second kappa shape index (κ2) is 6.19. The van der Waals surface area contributed by atoms with Crippen molar-refractivity contribution < 1.29 is 24.3 Å². The molecule has 2 aromatic rings. The smallest absolute Gasteiger partial charge is 0.414 e. The monoisotopic (exact) mass is 249 g/mol. The zero-order valence-electron chi connectivity index (χ0n) is 9.53. The third-order valence-electron chi connectivity index (χ3n) is 1.96. The maximum Gasteiger partial charge on any atom is 0.414 e. The van der Waals surface area contributed by atoms with Crippen LogP contribution in [0.5, 0.6) is 0 Å². The molecular formula is C12H11NO5. The standard InChI is InChI=1S/C10H9NO.C2H2O4/c1-8-2-4-9(5-3-8)10-6-7-11-12-10;3-1(4)2(5)6/h2-7H,1H3;(H,3,4)(H,5,6). The largest absolute Gasteiger partial charge is 0.473 e.